The van der Waals surface area contributed by atoms with E-state index in [9.17, 15) is 18.7 Å². The molecule has 0 aliphatic rings. The highest BCUT2D eigenvalue weighted by Crippen LogP contribution is 2.15. The van der Waals surface area contributed by atoms with E-state index in [-0.39, 0.29) is 24.8 Å². The zero-order valence-electron chi connectivity index (χ0n) is 12.8. The van der Waals surface area contributed by atoms with E-state index in [1.807, 2.05) is 13.0 Å². The Labute approximate surface area is 132 Å². The molecule has 2 aromatic rings. The Morgan fingerprint density at radius 1 is 1.30 bits per heavy atom. The summed E-state index contributed by atoms with van der Waals surface area (Å²) < 4.78 is 30.9. The minimum absolute atomic E-state index is 0.0278. The van der Waals surface area contributed by atoms with Crippen molar-refractivity contribution < 1.29 is 23.4 Å². The lowest BCUT2D eigenvalue weighted by atomic mass is 10.2. The van der Waals surface area contributed by atoms with Crippen molar-refractivity contribution in [2.24, 2.45) is 0 Å². The summed E-state index contributed by atoms with van der Waals surface area (Å²) >= 11 is 0. The standard InChI is InChI=1S/C16H18F2N2O3/c1-9-5-10(2)20-15(9)16(22)19-7-11(21)8-23-12-3-4-13(17)14(18)6-12/h3-6,11,20-21H,7-8H2,1-2H3,(H,19,22). The molecule has 2 rings (SSSR count). The van der Waals surface area contributed by atoms with Crippen LogP contribution in [0.5, 0.6) is 5.75 Å². The molecule has 1 heterocycles. The lowest BCUT2D eigenvalue weighted by Gasteiger charge is -2.13. The Hall–Kier alpha value is -2.41. The van der Waals surface area contributed by atoms with E-state index in [4.69, 9.17) is 4.74 Å². The van der Waals surface area contributed by atoms with Crippen LogP contribution in [0.3, 0.4) is 0 Å². The molecule has 1 aromatic carbocycles. The highest BCUT2D eigenvalue weighted by molar-refractivity contribution is 5.94. The summed E-state index contributed by atoms with van der Waals surface area (Å²) in [5.74, 6) is -2.22. The van der Waals surface area contributed by atoms with Gasteiger partial charge in [-0.25, -0.2) is 8.78 Å². The van der Waals surface area contributed by atoms with Crippen molar-refractivity contribution in [3.05, 3.63) is 52.9 Å². The number of nitrogens with one attached hydrogen (secondary N) is 2. The topological polar surface area (TPSA) is 74.3 Å². The summed E-state index contributed by atoms with van der Waals surface area (Å²) in [5.41, 5.74) is 2.12. The van der Waals surface area contributed by atoms with Crippen LogP contribution in [0.1, 0.15) is 21.7 Å². The van der Waals surface area contributed by atoms with Gasteiger partial charge in [-0.3, -0.25) is 4.79 Å². The molecule has 1 aromatic heterocycles. The van der Waals surface area contributed by atoms with Crippen LogP contribution >= 0.6 is 0 Å². The van der Waals surface area contributed by atoms with Gasteiger partial charge in [-0.1, -0.05) is 0 Å². The smallest absolute Gasteiger partial charge is 0.268 e. The fourth-order valence-corrected chi connectivity index (χ4v) is 2.08. The maximum Gasteiger partial charge on any atom is 0.268 e. The lowest BCUT2D eigenvalue weighted by molar-refractivity contribution is 0.0839. The van der Waals surface area contributed by atoms with Crippen LogP contribution in [-0.2, 0) is 0 Å². The number of aromatic nitrogens is 1. The van der Waals surface area contributed by atoms with Crippen molar-refractivity contribution in [1.82, 2.24) is 10.3 Å². The number of aromatic amines is 1. The molecule has 124 valence electrons. The molecule has 0 aliphatic carbocycles. The van der Waals surface area contributed by atoms with Crippen LogP contribution < -0.4 is 10.1 Å². The Morgan fingerprint density at radius 2 is 2.04 bits per heavy atom. The molecule has 7 heteroatoms. The highest BCUT2D eigenvalue weighted by atomic mass is 19.2. The van der Waals surface area contributed by atoms with Gasteiger partial charge in [0.1, 0.15) is 24.2 Å². The molecule has 0 bridgehead atoms. The molecule has 5 nitrogen and oxygen atoms in total. The minimum atomic E-state index is -1.03. The molecular weight excluding hydrogens is 306 g/mol. The number of hydrogen-bond donors (Lipinski definition) is 3. The summed E-state index contributed by atoms with van der Waals surface area (Å²) in [7, 11) is 0. The van der Waals surface area contributed by atoms with Crippen LogP contribution in [0.25, 0.3) is 0 Å². The van der Waals surface area contributed by atoms with E-state index in [1.165, 1.54) is 6.07 Å². The monoisotopic (exact) mass is 324 g/mol. The Morgan fingerprint density at radius 3 is 2.65 bits per heavy atom. The SMILES string of the molecule is Cc1cc(C)c(C(=O)NCC(O)COc2ccc(F)c(F)c2)[nH]1. The van der Waals surface area contributed by atoms with Gasteiger partial charge in [0.15, 0.2) is 11.6 Å². The number of rotatable bonds is 6. The van der Waals surface area contributed by atoms with Crippen LogP contribution in [0.4, 0.5) is 8.78 Å². The van der Waals surface area contributed by atoms with Gasteiger partial charge in [0, 0.05) is 18.3 Å². The number of halogens is 2. The molecule has 1 amide bonds. The summed E-state index contributed by atoms with van der Waals surface area (Å²) in [4.78, 5) is 14.9. The number of amides is 1. The molecule has 0 saturated carbocycles. The van der Waals surface area contributed by atoms with Crippen molar-refractivity contribution in [2.45, 2.75) is 20.0 Å². The lowest BCUT2D eigenvalue weighted by Crippen LogP contribution is -2.35. The fourth-order valence-electron chi connectivity index (χ4n) is 2.08. The number of hydrogen-bond acceptors (Lipinski definition) is 3. The summed E-state index contributed by atoms with van der Waals surface area (Å²) in [5, 5.41) is 12.4. The molecule has 0 fully saturated rings. The third-order valence-corrected chi connectivity index (χ3v) is 3.21. The largest absolute Gasteiger partial charge is 0.491 e. The van der Waals surface area contributed by atoms with Crippen molar-refractivity contribution in [3.63, 3.8) is 0 Å². The van der Waals surface area contributed by atoms with E-state index >= 15 is 0 Å². The molecule has 1 atom stereocenters. The average Bonchev–Trinajstić information content (AvgIpc) is 2.84. The van der Waals surface area contributed by atoms with E-state index in [2.05, 4.69) is 10.3 Å². The number of ether oxygens (including phenoxy) is 1. The molecule has 0 aliphatic heterocycles. The molecule has 0 spiro atoms. The number of H-pyrrole nitrogens is 1. The molecule has 0 radical (unpaired) electrons. The van der Waals surface area contributed by atoms with Gasteiger partial charge < -0.3 is 20.1 Å². The van der Waals surface area contributed by atoms with Gasteiger partial charge in [-0.15, -0.1) is 0 Å². The molecule has 3 N–H and O–H groups in total. The second-order valence-corrected chi connectivity index (χ2v) is 5.26. The number of carbonyl (C=O) groups excluding carboxylic acids is 1. The van der Waals surface area contributed by atoms with E-state index < -0.39 is 17.7 Å². The maximum atomic E-state index is 13.0. The predicted molar refractivity (Wildman–Crippen MR) is 80.5 cm³/mol. The van der Waals surface area contributed by atoms with Crippen LogP contribution in [0.2, 0.25) is 0 Å². The minimum Gasteiger partial charge on any atom is -0.491 e. The van der Waals surface area contributed by atoms with Gasteiger partial charge in [0.05, 0.1) is 0 Å². The number of carbonyl (C=O) groups is 1. The molecular formula is C16H18F2N2O3. The third kappa shape index (κ3) is 4.53. The first kappa shape index (κ1) is 17.0. The van der Waals surface area contributed by atoms with Gasteiger partial charge >= 0.3 is 0 Å². The van der Waals surface area contributed by atoms with Crippen molar-refractivity contribution >= 4 is 5.91 Å². The van der Waals surface area contributed by atoms with Crippen LogP contribution in [-0.4, -0.2) is 35.3 Å². The Bertz CT molecular complexity index is 701. The quantitative estimate of drug-likeness (QED) is 0.761. The number of aryl methyl sites for hydroxylation is 2. The second-order valence-electron chi connectivity index (χ2n) is 5.26. The van der Waals surface area contributed by atoms with Crippen molar-refractivity contribution in [2.75, 3.05) is 13.2 Å². The van der Waals surface area contributed by atoms with E-state index in [0.717, 1.165) is 23.4 Å². The zero-order chi connectivity index (χ0) is 17.0. The zero-order valence-corrected chi connectivity index (χ0v) is 12.8. The Kier molecular flexibility index (Phi) is 5.33. The first-order valence-corrected chi connectivity index (χ1v) is 7.07. The van der Waals surface area contributed by atoms with E-state index in [0.29, 0.717) is 5.69 Å². The predicted octanol–water partition coefficient (Wildman–Crippen LogP) is 2.08. The van der Waals surface area contributed by atoms with Crippen LogP contribution in [0.15, 0.2) is 24.3 Å². The fraction of sp³-hybridized carbons (Fsp3) is 0.312. The number of aliphatic hydroxyl groups is 1. The summed E-state index contributed by atoms with van der Waals surface area (Å²) in [6, 6.07) is 4.94. The molecule has 0 saturated heterocycles. The summed E-state index contributed by atoms with van der Waals surface area (Å²) in [6.07, 6.45) is -0.983. The first-order chi connectivity index (χ1) is 10.9. The third-order valence-electron chi connectivity index (χ3n) is 3.21. The Balaban J connectivity index is 1.80. The highest BCUT2D eigenvalue weighted by Gasteiger charge is 2.14. The van der Waals surface area contributed by atoms with Gasteiger partial charge in [-0.2, -0.15) is 0 Å². The van der Waals surface area contributed by atoms with Crippen molar-refractivity contribution in [3.8, 4) is 5.75 Å². The van der Waals surface area contributed by atoms with Crippen LogP contribution in [0, 0.1) is 25.5 Å². The van der Waals surface area contributed by atoms with Gasteiger partial charge in [0.2, 0.25) is 0 Å². The number of aliphatic hydroxyl groups excluding tert-OH is 1. The molecule has 1 unspecified atom stereocenters. The first-order valence-electron chi connectivity index (χ1n) is 7.07. The normalized spacial score (nSPS) is 12.0. The van der Waals surface area contributed by atoms with Gasteiger partial charge in [-0.05, 0) is 37.6 Å². The average molecular weight is 324 g/mol. The van der Waals surface area contributed by atoms with Gasteiger partial charge in [0.25, 0.3) is 5.91 Å². The second kappa shape index (κ2) is 7.23. The maximum absolute atomic E-state index is 13.0. The summed E-state index contributed by atoms with van der Waals surface area (Å²) in [6.45, 7) is 3.46. The number of benzene rings is 1. The molecule has 23 heavy (non-hydrogen) atoms. The van der Waals surface area contributed by atoms with E-state index in [1.54, 1.807) is 6.92 Å². The van der Waals surface area contributed by atoms with Crippen molar-refractivity contribution in [1.29, 1.82) is 0 Å².